The molecular formula is C13H19ClN2O3S. The van der Waals surface area contributed by atoms with Gasteiger partial charge in [-0.2, -0.15) is 0 Å². The van der Waals surface area contributed by atoms with Crippen molar-refractivity contribution in [1.82, 2.24) is 0 Å². The highest BCUT2D eigenvalue weighted by molar-refractivity contribution is 7.92. The summed E-state index contributed by atoms with van der Waals surface area (Å²) in [5.41, 5.74) is 1.22. The molecule has 1 aromatic carbocycles. The molecule has 1 heterocycles. The number of benzene rings is 1. The van der Waals surface area contributed by atoms with Crippen molar-refractivity contribution in [3.8, 4) is 0 Å². The maximum absolute atomic E-state index is 11.2. The van der Waals surface area contributed by atoms with Crippen LogP contribution in [0, 0.1) is 0 Å². The van der Waals surface area contributed by atoms with Crippen LogP contribution in [0.15, 0.2) is 18.2 Å². The van der Waals surface area contributed by atoms with Crippen LogP contribution >= 0.6 is 11.6 Å². The van der Waals surface area contributed by atoms with E-state index in [-0.39, 0.29) is 6.10 Å². The second-order valence-electron chi connectivity index (χ2n) is 5.10. The predicted octanol–water partition coefficient (Wildman–Crippen LogP) is 2.69. The van der Waals surface area contributed by atoms with E-state index in [1.807, 2.05) is 0 Å². The lowest BCUT2D eigenvalue weighted by Crippen LogP contribution is -2.19. The summed E-state index contributed by atoms with van der Waals surface area (Å²) in [6.07, 6.45) is 3.78. The van der Waals surface area contributed by atoms with Crippen LogP contribution in [0.3, 0.4) is 0 Å². The van der Waals surface area contributed by atoms with Gasteiger partial charge in [0.1, 0.15) is 0 Å². The van der Waals surface area contributed by atoms with E-state index in [0.717, 1.165) is 31.3 Å². The highest BCUT2D eigenvalue weighted by atomic mass is 35.5. The molecular weight excluding hydrogens is 300 g/mol. The van der Waals surface area contributed by atoms with Crippen LogP contribution in [0.4, 0.5) is 11.4 Å². The Bertz CT molecular complexity index is 577. The Morgan fingerprint density at radius 2 is 2.15 bits per heavy atom. The van der Waals surface area contributed by atoms with E-state index in [9.17, 15) is 8.42 Å². The first-order valence-electron chi connectivity index (χ1n) is 6.50. The van der Waals surface area contributed by atoms with Gasteiger partial charge in [0.25, 0.3) is 0 Å². The third-order valence-electron chi connectivity index (χ3n) is 3.12. The van der Waals surface area contributed by atoms with Gasteiger partial charge in [-0.25, -0.2) is 8.42 Å². The number of rotatable bonds is 5. The number of hydrogen-bond acceptors (Lipinski definition) is 4. The minimum Gasteiger partial charge on any atom is -0.382 e. The molecule has 5 nitrogen and oxygen atoms in total. The van der Waals surface area contributed by atoms with E-state index in [0.29, 0.717) is 16.8 Å². The molecule has 0 aliphatic carbocycles. The minimum atomic E-state index is -3.32. The highest BCUT2D eigenvalue weighted by Crippen LogP contribution is 2.27. The van der Waals surface area contributed by atoms with E-state index >= 15 is 0 Å². The molecule has 0 radical (unpaired) electrons. The quantitative estimate of drug-likeness (QED) is 0.876. The summed E-state index contributed by atoms with van der Waals surface area (Å²) in [4.78, 5) is 0. The summed E-state index contributed by atoms with van der Waals surface area (Å²) >= 11 is 6.06. The van der Waals surface area contributed by atoms with Crippen molar-refractivity contribution in [2.45, 2.75) is 32.0 Å². The van der Waals surface area contributed by atoms with Gasteiger partial charge in [0.15, 0.2) is 0 Å². The van der Waals surface area contributed by atoms with Crippen molar-refractivity contribution in [2.75, 3.05) is 22.8 Å². The van der Waals surface area contributed by atoms with Gasteiger partial charge < -0.3 is 10.1 Å². The van der Waals surface area contributed by atoms with Crippen molar-refractivity contribution in [1.29, 1.82) is 0 Å². The lowest BCUT2D eigenvalue weighted by molar-refractivity contribution is 0.0637. The fourth-order valence-corrected chi connectivity index (χ4v) is 3.04. The molecule has 1 aromatic rings. The molecule has 2 N–H and O–H groups in total. The number of anilines is 2. The first kappa shape index (κ1) is 15.4. The minimum absolute atomic E-state index is 0.220. The maximum Gasteiger partial charge on any atom is 0.229 e. The van der Waals surface area contributed by atoms with Gasteiger partial charge in [-0.05, 0) is 38.0 Å². The van der Waals surface area contributed by atoms with Crippen LogP contribution in [0.5, 0.6) is 0 Å². The molecule has 1 aliphatic rings. The average molecular weight is 319 g/mol. The number of hydrogen-bond donors (Lipinski definition) is 2. The first-order valence-corrected chi connectivity index (χ1v) is 8.77. The van der Waals surface area contributed by atoms with E-state index in [4.69, 9.17) is 16.3 Å². The summed E-state index contributed by atoms with van der Waals surface area (Å²) in [5, 5.41) is 3.61. The topological polar surface area (TPSA) is 67.4 Å². The largest absolute Gasteiger partial charge is 0.382 e. The van der Waals surface area contributed by atoms with Crippen LogP contribution < -0.4 is 10.0 Å². The number of nitrogens with one attached hydrogen (secondary N) is 2. The van der Waals surface area contributed by atoms with Gasteiger partial charge in [-0.1, -0.05) is 11.6 Å². The van der Waals surface area contributed by atoms with Gasteiger partial charge in [-0.15, -0.1) is 0 Å². The van der Waals surface area contributed by atoms with Crippen LogP contribution in [-0.4, -0.2) is 33.4 Å². The Hall–Kier alpha value is -0.980. The van der Waals surface area contributed by atoms with E-state index < -0.39 is 10.0 Å². The molecule has 1 saturated heterocycles. The van der Waals surface area contributed by atoms with E-state index in [2.05, 4.69) is 17.0 Å². The number of sulfonamides is 1. The van der Waals surface area contributed by atoms with Crippen molar-refractivity contribution in [3.63, 3.8) is 0 Å². The van der Waals surface area contributed by atoms with Gasteiger partial charge in [-0.3, -0.25) is 4.72 Å². The lowest BCUT2D eigenvalue weighted by atomic mass is 10.2. The molecule has 2 rings (SSSR count). The summed E-state index contributed by atoms with van der Waals surface area (Å²) in [6, 6.07) is 5.13. The third kappa shape index (κ3) is 4.54. The SMILES string of the molecule is CC1CCC(CNc2ccc(NS(C)(=O)=O)c(Cl)c2)O1. The Kier molecular flexibility index (Phi) is 4.78. The Balaban J connectivity index is 1.95. The summed E-state index contributed by atoms with van der Waals surface area (Å²) in [6.45, 7) is 2.79. The van der Waals surface area contributed by atoms with Gasteiger partial charge >= 0.3 is 0 Å². The van der Waals surface area contributed by atoms with Crippen molar-refractivity contribution < 1.29 is 13.2 Å². The van der Waals surface area contributed by atoms with Crippen molar-refractivity contribution >= 4 is 33.0 Å². The zero-order chi connectivity index (χ0) is 14.8. The van der Waals surface area contributed by atoms with Gasteiger partial charge in [0.2, 0.25) is 10.0 Å². The Morgan fingerprint density at radius 3 is 2.70 bits per heavy atom. The summed E-state index contributed by atoms with van der Waals surface area (Å²) in [7, 11) is -3.32. The third-order valence-corrected chi connectivity index (χ3v) is 4.02. The normalized spacial score (nSPS) is 22.8. The summed E-state index contributed by atoms with van der Waals surface area (Å²) < 4.78 is 30.4. The molecule has 0 saturated carbocycles. The Labute approximate surface area is 124 Å². The van der Waals surface area contributed by atoms with E-state index in [1.165, 1.54) is 0 Å². The Morgan fingerprint density at radius 1 is 1.40 bits per heavy atom. The molecule has 2 atom stereocenters. The van der Waals surface area contributed by atoms with Crippen molar-refractivity contribution in [2.24, 2.45) is 0 Å². The lowest BCUT2D eigenvalue weighted by Gasteiger charge is -2.14. The molecule has 0 spiro atoms. The summed E-state index contributed by atoms with van der Waals surface area (Å²) in [5.74, 6) is 0. The standard InChI is InChI=1S/C13H19ClN2O3S/c1-9-3-5-11(19-9)8-15-10-4-6-13(12(14)7-10)16-20(2,17)18/h4,6-7,9,11,15-16H,3,5,8H2,1-2H3. The second kappa shape index (κ2) is 6.20. The monoisotopic (exact) mass is 318 g/mol. The maximum atomic E-state index is 11.2. The fourth-order valence-electron chi connectivity index (χ4n) is 2.17. The second-order valence-corrected chi connectivity index (χ2v) is 7.25. The van der Waals surface area contributed by atoms with Crippen molar-refractivity contribution in [3.05, 3.63) is 23.2 Å². The molecule has 0 amide bonds. The zero-order valence-corrected chi connectivity index (χ0v) is 13.1. The van der Waals surface area contributed by atoms with Crippen LogP contribution in [0.2, 0.25) is 5.02 Å². The molecule has 2 unspecified atom stereocenters. The van der Waals surface area contributed by atoms with Crippen LogP contribution in [0.1, 0.15) is 19.8 Å². The number of halogens is 1. The predicted molar refractivity (Wildman–Crippen MR) is 82.0 cm³/mol. The zero-order valence-electron chi connectivity index (χ0n) is 11.5. The van der Waals surface area contributed by atoms with Crippen LogP contribution in [0.25, 0.3) is 0 Å². The van der Waals surface area contributed by atoms with Gasteiger partial charge in [0.05, 0.1) is 29.2 Å². The fraction of sp³-hybridized carbons (Fsp3) is 0.538. The highest BCUT2D eigenvalue weighted by Gasteiger charge is 2.21. The molecule has 1 aliphatic heterocycles. The molecule has 0 bridgehead atoms. The van der Waals surface area contributed by atoms with Crippen LogP contribution in [-0.2, 0) is 14.8 Å². The molecule has 112 valence electrons. The molecule has 1 fully saturated rings. The number of ether oxygens (including phenoxy) is 1. The average Bonchev–Trinajstić information content (AvgIpc) is 2.74. The molecule has 7 heteroatoms. The van der Waals surface area contributed by atoms with Gasteiger partial charge in [0, 0.05) is 12.2 Å². The first-order chi connectivity index (χ1) is 9.33. The smallest absolute Gasteiger partial charge is 0.229 e. The molecule has 0 aromatic heterocycles. The molecule has 20 heavy (non-hydrogen) atoms. The van der Waals surface area contributed by atoms with E-state index in [1.54, 1.807) is 18.2 Å².